The molecule has 3 aromatic rings. The van der Waals surface area contributed by atoms with Crippen LogP contribution in [-0.2, 0) is 30.6 Å². The molecule has 0 aliphatic carbocycles. The number of aromatic nitrogens is 4. The molecule has 1 aliphatic heterocycles. The number of aromatic amines is 1. The summed E-state index contributed by atoms with van der Waals surface area (Å²) < 4.78 is 52.6. The Balaban J connectivity index is 1.64. The first-order valence-electron chi connectivity index (χ1n) is 12.3. The highest BCUT2D eigenvalue weighted by Gasteiger charge is 2.61. The Kier molecular flexibility index (Phi) is 9.08. The Morgan fingerprint density at radius 2 is 2.00 bits per heavy atom. The van der Waals surface area contributed by atoms with Crippen molar-refractivity contribution in [1.29, 1.82) is 0 Å². The van der Waals surface area contributed by atoms with Gasteiger partial charge in [0, 0.05) is 0 Å². The Labute approximate surface area is 237 Å². The number of hydrogen-bond donors (Lipinski definition) is 5. The van der Waals surface area contributed by atoms with Crippen LogP contribution in [0.4, 0.5) is 14.7 Å². The molecule has 0 amide bonds. The summed E-state index contributed by atoms with van der Waals surface area (Å²) in [7, 11) is 0. The molecule has 14 nitrogen and oxygen atoms in total. The highest BCUT2D eigenvalue weighted by Crippen LogP contribution is 2.49. The zero-order chi connectivity index (χ0) is 30.1. The third-order valence-corrected chi connectivity index (χ3v) is 8.52. The standard InChI is InChI=1S/C23H29F2N6O8PS/c1-11(2)37-20(35)12(3)30-40(41,39-13-7-5-4-6-8-13)36-9-23(21(24)25)16(33)15(32)19(38-23)31-10-27-14-17(31)28-22(26)29-18(14)34/h4-8,10-12,15-16,19,21,32-33H,9H2,1-3H3,(H,30,41)(H3,26,28,29,34). The van der Waals surface area contributed by atoms with Gasteiger partial charge in [-0.15, -0.1) is 0 Å². The molecule has 0 radical (unpaired) electrons. The van der Waals surface area contributed by atoms with Crippen LogP contribution in [0.1, 0.15) is 27.0 Å². The third kappa shape index (κ3) is 6.40. The van der Waals surface area contributed by atoms with Gasteiger partial charge in [-0.05, 0) is 44.7 Å². The molecule has 1 aliphatic rings. The molecular weight excluding hydrogens is 589 g/mol. The average Bonchev–Trinajstić information content (AvgIpc) is 3.42. The van der Waals surface area contributed by atoms with Gasteiger partial charge in [0.15, 0.2) is 23.0 Å². The number of nitrogens with one attached hydrogen (secondary N) is 2. The predicted octanol–water partition coefficient (Wildman–Crippen LogP) is 1.21. The van der Waals surface area contributed by atoms with Gasteiger partial charge in [0.1, 0.15) is 24.0 Å². The van der Waals surface area contributed by atoms with Crippen LogP contribution in [0.2, 0.25) is 0 Å². The van der Waals surface area contributed by atoms with E-state index >= 15 is 0 Å². The van der Waals surface area contributed by atoms with Crippen molar-refractivity contribution in [2.24, 2.45) is 0 Å². The van der Waals surface area contributed by atoms with E-state index in [0.29, 0.717) is 0 Å². The Morgan fingerprint density at radius 3 is 2.63 bits per heavy atom. The Hall–Kier alpha value is -3.05. The normalized spacial score (nSPS) is 25.0. The minimum Gasteiger partial charge on any atom is -0.462 e. The van der Waals surface area contributed by atoms with Crippen molar-refractivity contribution < 1.29 is 42.3 Å². The molecule has 1 aromatic carbocycles. The molecule has 1 saturated heterocycles. The average molecular weight is 619 g/mol. The molecule has 6 N–H and O–H groups in total. The van der Waals surface area contributed by atoms with Crippen molar-refractivity contribution in [1.82, 2.24) is 24.6 Å². The monoisotopic (exact) mass is 618 g/mol. The molecule has 6 atom stereocenters. The quantitative estimate of drug-likeness (QED) is 0.152. The van der Waals surface area contributed by atoms with Crippen LogP contribution in [0.5, 0.6) is 5.75 Å². The van der Waals surface area contributed by atoms with Crippen LogP contribution in [0.15, 0.2) is 41.5 Å². The number of hydrogen-bond acceptors (Lipinski definition) is 12. The molecule has 0 spiro atoms. The number of H-pyrrole nitrogens is 1. The van der Waals surface area contributed by atoms with Gasteiger partial charge in [0.25, 0.3) is 12.0 Å². The van der Waals surface area contributed by atoms with Crippen molar-refractivity contribution in [2.75, 3.05) is 12.3 Å². The number of carbonyl (C=O) groups is 1. The molecule has 41 heavy (non-hydrogen) atoms. The summed E-state index contributed by atoms with van der Waals surface area (Å²) in [5.41, 5.74) is 1.68. The summed E-state index contributed by atoms with van der Waals surface area (Å²) in [6, 6.07) is 6.99. The molecule has 18 heteroatoms. The van der Waals surface area contributed by atoms with Gasteiger partial charge in [-0.1, -0.05) is 18.2 Å². The number of nitrogen functional groups attached to an aromatic ring is 1. The van der Waals surface area contributed by atoms with Crippen LogP contribution < -0.4 is 20.9 Å². The fourth-order valence-corrected chi connectivity index (χ4v) is 6.46. The molecule has 6 unspecified atom stereocenters. The first-order valence-corrected chi connectivity index (χ1v) is 14.9. The van der Waals surface area contributed by atoms with Crippen LogP contribution >= 0.6 is 6.64 Å². The minimum absolute atomic E-state index is 0.176. The first kappa shape index (κ1) is 30.9. The van der Waals surface area contributed by atoms with Gasteiger partial charge < -0.3 is 34.5 Å². The molecule has 1 fully saturated rings. The van der Waals surface area contributed by atoms with Gasteiger partial charge in [-0.2, -0.15) is 4.98 Å². The smallest absolute Gasteiger partial charge is 0.323 e. The topological polar surface area (TPSA) is 196 Å². The third-order valence-electron chi connectivity index (χ3n) is 6.04. The van der Waals surface area contributed by atoms with E-state index in [0.717, 1.165) is 10.9 Å². The van der Waals surface area contributed by atoms with Crippen molar-refractivity contribution in [3.8, 4) is 5.75 Å². The lowest BCUT2D eigenvalue weighted by Crippen LogP contribution is -2.53. The number of anilines is 1. The Morgan fingerprint density at radius 1 is 1.32 bits per heavy atom. The van der Waals surface area contributed by atoms with Crippen molar-refractivity contribution in [3.05, 3.63) is 47.0 Å². The van der Waals surface area contributed by atoms with E-state index in [4.69, 9.17) is 36.1 Å². The highest BCUT2D eigenvalue weighted by atomic mass is 32.5. The fraction of sp³-hybridized carbons (Fsp3) is 0.478. The number of ether oxygens (including phenoxy) is 2. The number of rotatable bonds is 11. The van der Waals surface area contributed by atoms with Gasteiger partial charge in [0.05, 0.1) is 19.0 Å². The van der Waals surface area contributed by atoms with Crippen molar-refractivity contribution in [3.63, 3.8) is 0 Å². The number of nitrogens with two attached hydrogens (primary N) is 1. The largest absolute Gasteiger partial charge is 0.462 e. The second-order valence-corrected chi connectivity index (χ2v) is 12.6. The lowest BCUT2D eigenvalue weighted by atomic mass is 9.96. The van der Waals surface area contributed by atoms with Crippen LogP contribution in [0, 0.1) is 0 Å². The van der Waals surface area contributed by atoms with Crippen LogP contribution in [0.25, 0.3) is 11.2 Å². The van der Waals surface area contributed by atoms with E-state index in [9.17, 15) is 28.6 Å². The lowest BCUT2D eigenvalue weighted by Gasteiger charge is -2.34. The number of carbonyl (C=O) groups excluding carboxylic acids is 1. The number of alkyl halides is 2. The maximum atomic E-state index is 14.7. The number of nitrogens with zero attached hydrogens (tertiary/aromatic N) is 3. The summed E-state index contributed by atoms with van der Waals surface area (Å²) in [5, 5.41) is 24.4. The van der Waals surface area contributed by atoms with Gasteiger partial charge >= 0.3 is 12.6 Å². The number of imidazole rings is 1. The van der Waals surface area contributed by atoms with Crippen LogP contribution in [-0.4, -0.2) is 78.7 Å². The van der Waals surface area contributed by atoms with Crippen LogP contribution in [0.3, 0.4) is 0 Å². The van der Waals surface area contributed by atoms with Gasteiger partial charge in [-0.3, -0.25) is 19.1 Å². The molecular formula is C23H29F2N6O8PS. The molecule has 0 saturated carbocycles. The SMILES string of the molecule is CC(C)OC(=O)C(C)NP(=S)(OCC1(C(F)F)OC(n2cnc3c(=O)[nH]c(N)nc32)C(O)C1O)Oc1ccccc1. The summed E-state index contributed by atoms with van der Waals surface area (Å²) in [4.78, 5) is 34.7. The Bertz CT molecular complexity index is 1490. The zero-order valence-corrected chi connectivity index (χ0v) is 23.7. The number of aliphatic hydroxyl groups excluding tert-OH is 2. The zero-order valence-electron chi connectivity index (χ0n) is 22.0. The molecule has 3 heterocycles. The van der Waals surface area contributed by atoms with E-state index < -0.39 is 67.4 Å². The highest BCUT2D eigenvalue weighted by molar-refractivity contribution is 8.09. The first-order chi connectivity index (χ1) is 19.3. The van der Waals surface area contributed by atoms with E-state index in [2.05, 4.69) is 20.0 Å². The molecule has 4 rings (SSSR count). The lowest BCUT2D eigenvalue weighted by molar-refractivity contribution is -0.191. The summed E-state index contributed by atoms with van der Waals surface area (Å²) >= 11 is 5.56. The van der Waals surface area contributed by atoms with E-state index in [1.165, 1.54) is 19.1 Å². The van der Waals surface area contributed by atoms with E-state index in [1.54, 1.807) is 32.0 Å². The summed E-state index contributed by atoms with van der Waals surface area (Å²) in [6.07, 6.45) is -8.68. The summed E-state index contributed by atoms with van der Waals surface area (Å²) in [6.45, 7) is -0.181. The molecule has 2 aromatic heterocycles. The predicted molar refractivity (Wildman–Crippen MR) is 145 cm³/mol. The second-order valence-electron chi connectivity index (χ2n) is 9.49. The van der Waals surface area contributed by atoms with E-state index in [-0.39, 0.29) is 22.9 Å². The van der Waals surface area contributed by atoms with Crippen molar-refractivity contribution in [2.45, 2.75) is 63.4 Å². The maximum Gasteiger partial charge on any atom is 0.323 e. The van der Waals surface area contributed by atoms with Crippen molar-refractivity contribution >= 4 is 41.5 Å². The van der Waals surface area contributed by atoms with E-state index in [1.807, 2.05) is 0 Å². The maximum absolute atomic E-state index is 14.7. The number of aliphatic hydroxyl groups is 2. The molecule has 224 valence electrons. The number of para-hydroxylation sites is 1. The summed E-state index contributed by atoms with van der Waals surface area (Å²) in [5.74, 6) is -0.779. The minimum atomic E-state index is -3.82. The van der Waals surface area contributed by atoms with Gasteiger partial charge in [-0.25, -0.2) is 18.9 Å². The van der Waals surface area contributed by atoms with Gasteiger partial charge in [0.2, 0.25) is 5.95 Å². The number of fused-ring (bicyclic) bond motifs is 1. The number of benzene rings is 1. The molecule has 0 bridgehead atoms. The fourth-order valence-electron chi connectivity index (χ4n) is 4.04. The number of esters is 1. The number of halogens is 2. The second kappa shape index (κ2) is 12.1.